The van der Waals surface area contributed by atoms with Gasteiger partial charge in [0.2, 0.25) is 0 Å². The predicted octanol–water partition coefficient (Wildman–Crippen LogP) is 1.34. The Bertz CT molecular complexity index is 417. The van der Waals surface area contributed by atoms with Crippen molar-refractivity contribution in [2.45, 2.75) is 0 Å². The lowest BCUT2D eigenvalue weighted by Crippen LogP contribution is -2.03. The van der Waals surface area contributed by atoms with Gasteiger partial charge in [-0.1, -0.05) is 5.16 Å². The lowest BCUT2D eigenvalue weighted by Gasteiger charge is -2.06. The predicted molar refractivity (Wildman–Crippen MR) is 49.3 cm³/mol. The van der Waals surface area contributed by atoms with Crippen LogP contribution in [0.15, 0.2) is 17.3 Å². The van der Waals surface area contributed by atoms with Gasteiger partial charge < -0.3 is 15.1 Å². The van der Waals surface area contributed by atoms with Gasteiger partial charge in [-0.2, -0.15) is 0 Å². The van der Waals surface area contributed by atoms with E-state index in [4.69, 9.17) is 15.1 Å². The van der Waals surface area contributed by atoms with Crippen molar-refractivity contribution in [2.75, 3.05) is 7.11 Å². The number of rotatable bonds is 3. The van der Waals surface area contributed by atoms with Crippen LogP contribution in [0.25, 0.3) is 0 Å². The van der Waals surface area contributed by atoms with Crippen molar-refractivity contribution in [1.82, 2.24) is 0 Å². The summed E-state index contributed by atoms with van der Waals surface area (Å²) in [5.41, 5.74) is -0.329. The Labute approximate surface area is 84.4 Å². The maximum absolute atomic E-state index is 13.2. The summed E-state index contributed by atoms with van der Waals surface area (Å²) in [5.74, 6) is -2.07. The summed E-state index contributed by atoms with van der Waals surface area (Å²) in [6.07, 6.45) is 0.807. The van der Waals surface area contributed by atoms with Gasteiger partial charge in [0.1, 0.15) is 17.1 Å². The van der Waals surface area contributed by atoms with E-state index in [1.165, 1.54) is 7.11 Å². The monoisotopic (exact) mass is 213 g/mol. The Morgan fingerprint density at radius 3 is 2.73 bits per heavy atom. The molecule has 0 bridgehead atoms. The van der Waals surface area contributed by atoms with Crippen molar-refractivity contribution in [3.8, 4) is 5.75 Å². The number of benzene rings is 1. The number of halogens is 1. The Balaban J connectivity index is 3.36. The molecule has 5 nitrogen and oxygen atoms in total. The molecule has 1 aromatic rings. The van der Waals surface area contributed by atoms with Crippen molar-refractivity contribution in [2.24, 2.45) is 5.16 Å². The normalized spacial score (nSPS) is 10.5. The number of nitrogens with zero attached hydrogens (tertiary/aromatic N) is 1. The van der Waals surface area contributed by atoms with Gasteiger partial charge >= 0.3 is 5.97 Å². The van der Waals surface area contributed by atoms with Crippen LogP contribution in [-0.4, -0.2) is 29.6 Å². The topological polar surface area (TPSA) is 79.1 Å². The minimum absolute atomic E-state index is 0.0879. The average molecular weight is 213 g/mol. The lowest BCUT2D eigenvalue weighted by atomic mass is 10.1. The van der Waals surface area contributed by atoms with Gasteiger partial charge in [0.25, 0.3) is 0 Å². The third-order valence-corrected chi connectivity index (χ3v) is 1.75. The van der Waals surface area contributed by atoms with Gasteiger partial charge in [0.05, 0.1) is 13.3 Å². The molecule has 0 aromatic heterocycles. The molecule has 1 aromatic carbocycles. The molecular weight excluding hydrogens is 205 g/mol. The minimum Gasteiger partial charge on any atom is -0.496 e. The van der Waals surface area contributed by atoms with Crippen LogP contribution in [0.1, 0.15) is 15.9 Å². The molecule has 1 rings (SSSR count). The highest BCUT2D eigenvalue weighted by atomic mass is 19.1. The molecule has 2 N–H and O–H groups in total. The Hall–Kier alpha value is -2.11. The van der Waals surface area contributed by atoms with Crippen LogP contribution in [0.4, 0.5) is 4.39 Å². The second-order valence-electron chi connectivity index (χ2n) is 2.62. The summed E-state index contributed by atoms with van der Waals surface area (Å²) in [7, 11) is 1.24. The molecule has 0 atom stereocenters. The number of oxime groups is 1. The fourth-order valence-corrected chi connectivity index (χ4v) is 1.07. The highest BCUT2D eigenvalue weighted by Gasteiger charge is 2.14. The second-order valence-corrected chi connectivity index (χ2v) is 2.62. The quantitative estimate of drug-likeness (QED) is 0.451. The highest BCUT2D eigenvalue weighted by Crippen LogP contribution is 2.22. The Morgan fingerprint density at radius 2 is 2.27 bits per heavy atom. The van der Waals surface area contributed by atoms with Crippen LogP contribution < -0.4 is 4.74 Å². The molecule has 0 saturated carbocycles. The Morgan fingerprint density at radius 1 is 1.60 bits per heavy atom. The van der Waals surface area contributed by atoms with Crippen LogP contribution in [0.3, 0.4) is 0 Å². The molecule has 0 spiro atoms. The fourth-order valence-electron chi connectivity index (χ4n) is 1.07. The lowest BCUT2D eigenvalue weighted by molar-refractivity contribution is 0.0693. The molecule has 0 aliphatic heterocycles. The number of carbonyl (C=O) groups is 1. The summed E-state index contributed by atoms with van der Waals surface area (Å²) < 4.78 is 17.9. The zero-order chi connectivity index (χ0) is 11.4. The molecule has 0 aliphatic carbocycles. The molecule has 0 saturated heterocycles. The molecule has 0 aliphatic rings. The first kappa shape index (κ1) is 11.0. The number of methoxy groups -OCH3 is 1. The van der Waals surface area contributed by atoms with Gasteiger partial charge in [0, 0.05) is 11.6 Å². The molecule has 15 heavy (non-hydrogen) atoms. The molecular formula is C9H8FNO4. The van der Waals surface area contributed by atoms with Crippen LogP contribution in [0.5, 0.6) is 5.75 Å². The molecule has 6 heteroatoms. The third kappa shape index (κ3) is 2.22. The average Bonchev–Trinajstić information content (AvgIpc) is 2.20. The van der Waals surface area contributed by atoms with Crippen molar-refractivity contribution in [1.29, 1.82) is 0 Å². The summed E-state index contributed by atoms with van der Waals surface area (Å²) in [5, 5.41) is 19.6. The SMILES string of the molecule is COc1cc(F)c(C=NO)cc1C(=O)O. The fraction of sp³-hybridized carbons (Fsp3) is 0.111. The van der Waals surface area contributed by atoms with Crippen molar-refractivity contribution in [3.05, 3.63) is 29.1 Å². The standard InChI is InChI=1S/C9H8FNO4/c1-15-8-3-7(10)5(4-11-14)2-6(8)9(12)13/h2-4,14H,1H3,(H,12,13). The summed E-state index contributed by atoms with van der Waals surface area (Å²) >= 11 is 0. The van der Waals surface area contributed by atoms with Gasteiger partial charge in [-0.3, -0.25) is 0 Å². The Kier molecular flexibility index (Phi) is 3.22. The summed E-state index contributed by atoms with van der Waals surface area (Å²) in [6, 6.07) is 1.94. The van der Waals surface area contributed by atoms with E-state index in [9.17, 15) is 9.18 Å². The van der Waals surface area contributed by atoms with E-state index in [0.29, 0.717) is 0 Å². The van der Waals surface area contributed by atoms with E-state index in [1.807, 2.05) is 0 Å². The number of aromatic carboxylic acids is 1. The zero-order valence-corrected chi connectivity index (χ0v) is 7.77. The highest BCUT2D eigenvalue weighted by molar-refractivity contribution is 5.93. The van der Waals surface area contributed by atoms with Gasteiger partial charge in [-0.25, -0.2) is 9.18 Å². The minimum atomic E-state index is -1.25. The van der Waals surface area contributed by atoms with Gasteiger partial charge in [-0.15, -0.1) is 0 Å². The van der Waals surface area contributed by atoms with E-state index in [0.717, 1.165) is 18.3 Å². The smallest absolute Gasteiger partial charge is 0.339 e. The van der Waals surface area contributed by atoms with E-state index >= 15 is 0 Å². The number of carboxylic acids is 1. The molecule has 0 radical (unpaired) electrons. The van der Waals surface area contributed by atoms with Crippen LogP contribution in [0.2, 0.25) is 0 Å². The molecule has 0 fully saturated rings. The summed E-state index contributed by atoms with van der Waals surface area (Å²) in [4.78, 5) is 10.7. The summed E-state index contributed by atoms with van der Waals surface area (Å²) in [6.45, 7) is 0. The van der Waals surface area contributed by atoms with Gasteiger partial charge in [0.15, 0.2) is 0 Å². The third-order valence-electron chi connectivity index (χ3n) is 1.75. The number of ether oxygens (including phenoxy) is 1. The van der Waals surface area contributed by atoms with Crippen LogP contribution in [-0.2, 0) is 0 Å². The number of hydrogen-bond acceptors (Lipinski definition) is 4. The maximum atomic E-state index is 13.2. The molecule has 0 heterocycles. The first-order valence-corrected chi connectivity index (χ1v) is 3.88. The van der Waals surface area contributed by atoms with E-state index < -0.39 is 11.8 Å². The van der Waals surface area contributed by atoms with Crippen molar-refractivity contribution >= 4 is 12.2 Å². The van der Waals surface area contributed by atoms with Crippen LogP contribution >= 0.6 is 0 Å². The largest absolute Gasteiger partial charge is 0.496 e. The van der Waals surface area contributed by atoms with Crippen LogP contribution in [0, 0.1) is 5.82 Å². The first-order chi connectivity index (χ1) is 7.10. The maximum Gasteiger partial charge on any atom is 0.339 e. The molecule has 80 valence electrons. The van der Waals surface area contributed by atoms with E-state index in [1.54, 1.807) is 0 Å². The zero-order valence-electron chi connectivity index (χ0n) is 7.77. The number of carboxylic acid groups (broad SMARTS) is 1. The van der Waals surface area contributed by atoms with E-state index in [-0.39, 0.29) is 16.9 Å². The molecule has 0 amide bonds. The van der Waals surface area contributed by atoms with E-state index in [2.05, 4.69) is 5.16 Å². The molecule has 0 unspecified atom stereocenters. The number of hydrogen-bond donors (Lipinski definition) is 2. The second kappa shape index (κ2) is 4.41. The van der Waals surface area contributed by atoms with Crippen molar-refractivity contribution < 1.29 is 24.2 Å². The van der Waals surface area contributed by atoms with Crippen molar-refractivity contribution in [3.63, 3.8) is 0 Å². The van der Waals surface area contributed by atoms with Gasteiger partial charge in [-0.05, 0) is 6.07 Å². The first-order valence-electron chi connectivity index (χ1n) is 3.88.